The van der Waals surface area contributed by atoms with Crippen LogP contribution in [0, 0.1) is 11.6 Å². The van der Waals surface area contributed by atoms with Crippen molar-refractivity contribution in [1.82, 2.24) is 4.90 Å². The van der Waals surface area contributed by atoms with Gasteiger partial charge >= 0.3 is 0 Å². The highest BCUT2D eigenvalue weighted by molar-refractivity contribution is 5.86. The molecule has 5 heteroatoms. The van der Waals surface area contributed by atoms with E-state index >= 15 is 0 Å². The molecule has 3 nitrogen and oxygen atoms in total. The van der Waals surface area contributed by atoms with Gasteiger partial charge in [0.15, 0.2) is 17.4 Å². The van der Waals surface area contributed by atoms with Crippen LogP contribution in [0.15, 0.2) is 22.8 Å². The van der Waals surface area contributed by atoms with Gasteiger partial charge in [-0.25, -0.2) is 13.8 Å². The Hall–Kier alpha value is -1.91. The van der Waals surface area contributed by atoms with Crippen LogP contribution in [-0.2, 0) is 0 Å². The molecule has 0 atom stereocenters. The molecule has 1 N–H and O–H groups in total. The summed E-state index contributed by atoms with van der Waals surface area (Å²) < 4.78 is 26.7. The maximum atomic E-state index is 13.3. The first-order valence-corrected chi connectivity index (χ1v) is 7.68. The molecule has 0 unspecified atom stereocenters. The molecule has 0 aliphatic carbocycles. The molecule has 0 fully saturated rings. The second kappa shape index (κ2) is 7.38. The van der Waals surface area contributed by atoms with Crippen LogP contribution in [0.1, 0.15) is 44.6 Å². The van der Waals surface area contributed by atoms with E-state index in [1.165, 1.54) is 19.3 Å². The molecular formula is C17H22F2N2O. The van der Waals surface area contributed by atoms with E-state index in [0.29, 0.717) is 12.1 Å². The summed E-state index contributed by atoms with van der Waals surface area (Å²) in [6, 6.07) is 2.22. The molecule has 120 valence electrons. The molecule has 1 aromatic rings. The predicted molar refractivity (Wildman–Crippen MR) is 84.8 cm³/mol. The zero-order valence-electron chi connectivity index (χ0n) is 13.1. The quantitative estimate of drug-likeness (QED) is 0.794. The number of halogens is 2. The van der Waals surface area contributed by atoms with Crippen LogP contribution in [-0.4, -0.2) is 29.4 Å². The fourth-order valence-electron chi connectivity index (χ4n) is 2.52. The summed E-state index contributed by atoms with van der Waals surface area (Å²) >= 11 is 0. The number of phenols is 1. The first-order chi connectivity index (χ1) is 10.5. The van der Waals surface area contributed by atoms with Gasteiger partial charge in [-0.3, -0.25) is 0 Å². The minimum absolute atomic E-state index is 0.368. The van der Waals surface area contributed by atoms with Crippen molar-refractivity contribution in [3.63, 3.8) is 0 Å². The van der Waals surface area contributed by atoms with Crippen molar-refractivity contribution in [2.45, 2.75) is 39.0 Å². The number of phenolic OH excluding ortho intramolecular Hbond substituents is 1. The Kier molecular flexibility index (Phi) is 5.52. The van der Waals surface area contributed by atoms with Crippen LogP contribution in [0.2, 0.25) is 0 Å². The standard InChI is InChI=1S/C17H22F2N2O/c1-3-4-5-6-7-16-20-13(11-21(16)2)8-12-9-14(18)17(22)15(19)10-12/h8-10,22H,3-7,11H2,1-2H3/b13-8-. The van der Waals surface area contributed by atoms with Crippen molar-refractivity contribution in [1.29, 1.82) is 0 Å². The maximum absolute atomic E-state index is 13.3. The Morgan fingerprint density at radius 1 is 1.23 bits per heavy atom. The lowest BCUT2D eigenvalue weighted by Gasteiger charge is -2.12. The fraction of sp³-hybridized carbons (Fsp3) is 0.471. The maximum Gasteiger partial charge on any atom is 0.187 e. The molecule has 1 aromatic carbocycles. The smallest absolute Gasteiger partial charge is 0.187 e. The molecule has 0 saturated heterocycles. The summed E-state index contributed by atoms with van der Waals surface area (Å²) in [4.78, 5) is 6.60. The van der Waals surface area contributed by atoms with Gasteiger partial charge in [0.2, 0.25) is 0 Å². The van der Waals surface area contributed by atoms with Gasteiger partial charge in [0.25, 0.3) is 0 Å². The Labute approximate surface area is 130 Å². The first-order valence-electron chi connectivity index (χ1n) is 7.68. The molecule has 1 heterocycles. The summed E-state index contributed by atoms with van der Waals surface area (Å²) in [5, 5.41) is 9.11. The van der Waals surface area contributed by atoms with Crippen molar-refractivity contribution in [2.75, 3.05) is 13.6 Å². The number of amidine groups is 1. The van der Waals surface area contributed by atoms with E-state index in [2.05, 4.69) is 16.8 Å². The second-order valence-corrected chi connectivity index (χ2v) is 5.66. The lowest BCUT2D eigenvalue weighted by atomic mass is 10.1. The van der Waals surface area contributed by atoms with Crippen LogP contribution in [0.5, 0.6) is 5.75 Å². The average molecular weight is 308 g/mol. The summed E-state index contributed by atoms with van der Waals surface area (Å²) in [6.07, 6.45) is 7.30. The average Bonchev–Trinajstić information content (AvgIpc) is 2.81. The summed E-state index contributed by atoms with van der Waals surface area (Å²) in [6.45, 7) is 2.81. The third-order valence-corrected chi connectivity index (χ3v) is 3.74. The third-order valence-electron chi connectivity index (χ3n) is 3.74. The number of unbranched alkanes of at least 4 members (excludes halogenated alkanes) is 3. The SMILES string of the molecule is CCCCCCC1=N/C(=C\c2cc(F)c(O)c(F)c2)CN1C. The Bertz CT molecular complexity index is 573. The highest BCUT2D eigenvalue weighted by Crippen LogP contribution is 2.24. The number of nitrogens with zero attached hydrogens (tertiary/aromatic N) is 2. The van der Waals surface area contributed by atoms with Gasteiger partial charge in [-0.1, -0.05) is 26.2 Å². The van der Waals surface area contributed by atoms with E-state index in [1.807, 2.05) is 7.05 Å². The number of benzene rings is 1. The predicted octanol–water partition coefficient (Wildman–Crippen LogP) is 4.33. The molecule has 1 aliphatic heterocycles. The van der Waals surface area contributed by atoms with E-state index < -0.39 is 17.4 Å². The number of hydrogen-bond acceptors (Lipinski definition) is 3. The Morgan fingerprint density at radius 3 is 2.55 bits per heavy atom. The third kappa shape index (κ3) is 4.06. The van der Waals surface area contributed by atoms with Crippen molar-refractivity contribution in [3.8, 4) is 5.75 Å². The van der Waals surface area contributed by atoms with Gasteiger partial charge in [-0.05, 0) is 30.2 Å². The molecule has 2 rings (SSSR count). The van der Waals surface area contributed by atoms with Crippen LogP contribution in [0.3, 0.4) is 0 Å². The molecule has 1 aliphatic rings. The normalized spacial score (nSPS) is 16.5. The van der Waals surface area contributed by atoms with Crippen LogP contribution in [0.25, 0.3) is 6.08 Å². The Balaban J connectivity index is 2.08. The van der Waals surface area contributed by atoms with Gasteiger partial charge in [-0.2, -0.15) is 0 Å². The largest absolute Gasteiger partial charge is 0.503 e. The number of likely N-dealkylation sites (N-methyl/N-ethyl adjacent to an activating group) is 1. The zero-order chi connectivity index (χ0) is 16.1. The molecule has 0 saturated carbocycles. The van der Waals surface area contributed by atoms with Gasteiger partial charge < -0.3 is 10.0 Å². The molecule has 0 spiro atoms. The van der Waals surface area contributed by atoms with E-state index in [0.717, 1.165) is 36.5 Å². The minimum Gasteiger partial charge on any atom is -0.503 e. The van der Waals surface area contributed by atoms with E-state index in [-0.39, 0.29) is 0 Å². The number of rotatable bonds is 6. The van der Waals surface area contributed by atoms with Gasteiger partial charge in [0, 0.05) is 13.5 Å². The number of aromatic hydroxyl groups is 1. The number of aliphatic imine (C=N–C) groups is 1. The zero-order valence-corrected chi connectivity index (χ0v) is 13.1. The molecule has 0 aromatic heterocycles. The van der Waals surface area contributed by atoms with Crippen molar-refractivity contribution in [2.24, 2.45) is 4.99 Å². The van der Waals surface area contributed by atoms with E-state index in [1.54, 1.807) is 6.08 Å². The molecule has 22 heavy (non-hydrogen) atoms. The monoisotopic (exact) mass is 308 g/mol. The van der Waals surface area contributed by atoms with Crippen molar-refractivity contribution in [3.05, 3.63) is 35.0 Å². The summed E-state index contributed by atoms with van der Waals surface area (Å²) in [7, 11) is 1.97. The van der Waals surface area contributed by atoms with E-state index in [4.69, 9.17) is 5.11 Å². The van der Waals surface area contributed by atoms with Crippen LogP contribution < -0.4 is 0 Å². The Morgan fingerprint density at radius 2 is 1.91 bits per heavy atom. The van der Waals surface area contributed by atoms with Crippen molar-refractivity contribution < 1.29 is 13.9 Å². The lowest BCUT2D eigenvalue weighted by Crippen LogP contribution is -2.22. The van der Waals surface area contributed by atoms with Crippen molar-refractivity contribution >= 4 is 11.9 Å². The highest BCUT2D eigenvalue weighted by Gasteiger charge is 2.17. The molecule has 0 amide bonds. The summed E-state index contributed by atoms with van der Waals surface area (Å²) in [5.74, 6) is -1.84. The first kappa shape index (κ1) is 16.5. The van der Waals surface area contributed by atoms with Crippen LogP contribution in [0.4, 0.5) is 8.78 Å². The molecule has 0 bridgehead atoms. The molecule has 0 radical (unpaired) electrons. The second-order valence-electron chi connectivity index (χ2n) is 5.66. The van der Waals surface area contributed by atoms with Gasteiger partial charge in [0.05, 0.1) is 12.2 Å². The minimum atomic E-state index is -0.957. The van der Waals surface area contributed by atoms with Gasteiger partial charge in [-0.15, -0.1) is 0 Å². The topological polar surface area (TPSA) is 35.8 Å². The molecular weight excluding hydrogens is 286 g/mol. The van der Waals surface area contributed by atoms with E-state index in [9.17, 15) is 8.78 Å². The van der Waals surface area contributed by atoms with Crippen LogP contribution >= 0.6 is 0 Å². The fourth-order valence-corrected chi connectivity index (χ4v) is 2.52. The number of hydrogen-bond donors (Lipinski definition) is 1. The van der Waals surface area contributed by atoms with Gasteiger partial charge in [0.1, 0.15) is 5.84 Å². The lowest BCUT2D eigenvalue weighted by molar-refractivity contribution is 0.396. The summed E-state index contributed by atoms with van der Waals surface area (Å²) in [5.41, 5.74) is 1.14. The highest BCUT2D eigenvalue weighted by atomic mass is 19.1.